The Morgan fingerprint density at radius 2 is 1.53 bits per heavy atom. The minimum Gasteiger partial charge on any atom is -0.459 e. The first-order valence-corrected chi connectivity index (χ1v) is 10.8. The Hall–Kier alpha value is -2.17. The van der Waals surface area contributed by atoms with Gasteiger partial charge in [0.1, 0.15) is 6.10 Å². The number of carbonyl (C=O) groups is 3. The molecule has 0 saturated heterocycles. The molecule has 2 aliphatic rings. The van der Waals surface area contributed by atoms with Crippen molar-refractivity contribution in [1.29, 1.82) is 0 Å². The standard InChI is InChI=1S/C25H36O5/c1-14(2)11-21(26)29-20-10-9-19-24(30-22(27)12-15(3)4)23(28)18(16(5)6)13-25(19,8)17(20)7/h11-12,17-20,24H,5,9-10,13H2,1-4,6-8H3/t17-,18+,19+,20+,24+,25+/m0/s1. The van der Waals surface area contributed by atoms with Gasteiger partial charge in [0.15, 0.2) is 11.9 Å². The molecule has 2 fully saturated rings. The van der Waals surface area contributed by atoms with Gasteiger partial charge in [-0.25, -0.2) is 9.59 Å². The molecule has 0 heterocycles. The maximum absolute atomic E-state index is 13.2. The second-order valence-electron chi connectivity index (χ2n) is 9.76. The third-order valence-electron chi connectivity index (χ3n) is 6.76. The molecule has 0 radical (unpaired) electrons. The largest absolute Gasteiger partial charge is 0.459 e. The Morgan fingerprint density at radius 3 is 2.03 bits per heavy atom. The summed E-state index contributed by atoms with van der Waals surface area (Å²) in [5.74, 6) is -1.33. The summed E-state index contributed by atoms with van der Waals surface area (Å²) >= 11 is 0. The zero-order chi connectivity index (χ0) is 22.8. The number of hydrogen-bond donors (Lipinski definition) is 0. The Morgan fingerprint density at radius 1 is 1.00 bits per heavy atom. The van der Waals surface area contributed by atoms with Gasteiger partial charge in [-0.05, 0) is 65.2 Å². The second-order valence-corrected chi connectivity index (χ2v) is 9.76. The van der Waals surface area contributed by atoms with E-state index in [2.05, 4.69) is 20.4 Å². The van der Waals surface area contributed by atoms with Gasteiger partial charge in [0.2, 0.25) is 0 Å². The monoisotopic (exact) mass is 416 g/mol. The lowest BCUT2D eigenvalue weighted by Gasteiger charge is -2.55. The molecule has 30 heavy (non-hydrogen) atoms. The molecule has 0 aliphatic heterocycles. The zero-order valence-electron chi connectivity index (χ0n) is 19.4. The Kier molecular flexibility index (Phi) is 7.49. The normalized spacial score (nSPS) is 33.0. The van der Waals surface area contributed by atoms with E-state index >= 15 is 0 Å². The number of ketones is 1. The molecule has 166 valence electrons. The molecule has 2 rings (SSSR count). The van der Waals surface area contributed by atoms with Crippen molar-refractivity contribution in [2.45, 2.75) is 79.9 Å². The fourth-order valence-electron chi connectivity index (χ4n) is 4.99. The van der Waals surface area contributed by atoms with Crippen LogP contribution >= 0.6 is 0 Å². The Labute approximate surface area is 180 Å². The third-order valence-corrected chi connectivity index (χ3v) is 6.76. The number of rotatable bonds is 5. The van der Waals surface area contributed by atoms with Crippen molar-refractivity contribution in [3.63, 3.8) is 0 Å². The van der Waals surface area contributed by atoms with E-state index in [9.17, 15) is 14.4 Å². The first-order chi connectivity index (χ1) is 13.9. The molecule has 0 amide bonds. The maximum atomic E-state index is 13.2. The second kappa shape index (κ2) is 9.32. The first kappa shape index (κ1) is 24.1. The van der Waals surface area contributed by atoms with Crippen molar-refractivity contribution in [2.75, 3.05) is 0 Å². The van der Waals surface area contributed by atoms with Gasteiger partial charge in [0.25, 0.3) is 0 Å². The van der Waals surface area contributed by atoms with Gasteiger partial charge in [0, 0.05) is 24.0 Å². The molecule has 0 spiro atoms. The van der Waals surface area contributed by atoms with E-state index in [1.165, 1.54) is 12.2 Å². The van der Waals surface area contributed by atoms with Crippen molar-refractivity contribution in [1.82, 2.24) is 0 Å². The predicted octanol–water partition coefficient (Wildman–Crippen LogP) is 4.96. The van der Waals surface area contributed by atoms with E-state index in [0.29, 0.717) is 19.3 Å². The highest BCUT2D eigenvalue weighted by Crippen LogP contribution is 2.56. The van der Waals surface area contributed by atoms with E-state index in [0.717, 1.165) is 16.7 Å². The number of fused-ring (bicyclic) bond motifs is 1. The van der Waals surface area contributed by atoms with Gasteiger partial charge >= 0.3 is 11.9 Å². The number of carbonyl (C=O) groups excluding carboxylic acids is 3. The van der Waals surface area contributed by atoms with Gasteiger partial charge in [-0.3, -0.25) is 4.79 Å². The van der Waals surface area contributed by atoms with Crippen molar-refractivity contribution in [3.05, 3.63) is 35.5 Å². The molecule has 6 atom stereocenters. The van der Waals surface area contributed by atoms with Gasteiger partial charge in [-0.1, -0.05) is 37.1 Å². The number of allylic oxidation sites excluding steroid dienone is 3. The summed E-state index contributed by atoms with van der Waals surface area (Å²) in [6.07, 6.45) is 3.83. The van der Waals surface area contributed by atoms with Crippen LogP contribution < -0.4 is 0 Å². The van der Waals surface area contributed by atoms with Gasteiger partial charge in [-0.15, -0.1) is 0 Å². The highest BCUT2D eigenvalue weighted by atomic mass is 16.6. The number of Topliss-reactive ketones (excluding diaryl/α,β-unsaturated/α-hetero) is 1. The lowest BCUT2D eigenvalue weighted by atomic mass is 9.51. The van der Waals surface area contributed by atoms with Crippen LogP contribution in [0, 0.1) is 23.2 Å². The minimum absolute atomic E-state index is 0.0189. The van der Waals surface area contributed by atoms with E-state index in [1.807, 2.05) is 34.6 Å². The summed E-state index contributed by atoms with van der Waals surface area (Å²) < 4.78 is 11.5. The fourth-order valence-corrected chi connectivity index (χ4v) is 4.99. The lowest BCUT2D eigenvalue weighted by molar-refractivity contribution is -0.182. The minimum atomic E-state index is -0.801. The van der Waals surface area contributed by atoms with Crippen LogP contribution in [0.4, 0.5) is 0 Å². The Bertz CT molecular complexity index is 781. The molecular formula is C25H36O5. The summed E-state index contributed by atoms with van der Waals surface area (Å²) in [5.41, 5.74) is 2.18. The van der Waals surface area contributed by atoms with Crippen molar-refractivity contribution >= 4 is 17.7 Å². The topological polar surface area (TPSA) is 69.7 Å². The van der Waals surface area contributed by atoms with Crippen LogP contribution in [0.15, 0.2) is 35.5 Å². The molecule has 0 aromatic rings. The van der Waals surface area contributed by atoms with E-state index < -0.39 is 12.1 Å². The number of ether oxygens (including phenoxy) is 2. The highest BCUT2D eigenvalue weighted by molar-refractivity contribution is 5.92. The van der Waals surface area contributed by atoms with Crippen LogP contribution in [0.1, 0.15) is 67.7 Å². The van der Waals surface area contributed by atoms with Crippen molar-refractivity contribution in [3.8, 4) is 0 Å². The van der Waals surface area contributed by atoms with Crippen molar-refractivity contribution < 1.29 is 23.9 Å². The van der Waals surface area contributed by atoms with E-state index in [1.54, 1.807) is 0 Å². The van der Waals surface area contributed by atoms with Crippen LogP contribution in [0.3, 0.4) is 0 Å². The molecule has 0 unspecified atom stereocenters. The highest BCUT2D eigenvalue weighted by Gasteiger charge is 2.58. The molecule has 0 aromatic heterocycles. The summed E-state index contributed by atoms with van der Waals surface area (Å²) in [6.45, 7) is 17.4. The molecule has 2 saturated carbocycles. The Balaban J connectivity index is 2.34. The van der Waals surface area contributed by atoms with Gasteiger partial charge in [0.05, 0.1) is 0 Å². The quantitative estimate of drug-likeness (QED) is 0.360. The summed E-state index contributed by atoms with van der Waals surface area (Å²) in [4.78, 5) is 37.8. The molecule has 0 aromatic carbocycles. The molecular weight excluding hydrogens is 380 g/mol. The zero-order valence-corrected chi connectivity index (χ0v) is 19.4. The van der Waals surface area contributed by atoms with Crippen molar-refractivity contribution in [2.24, 2.45) is 23.2 Å². The SMILES string of the molecule is C=C(C)[C@H]1C[C@@]2(C)[C@H](CC[C@@H](OC(=O)C=C(C)C)[C@@H]2C)[C@@H](OC(=O)C=C(C)C)C1=O. The summed E-state index contributed by atoms with van der Waals surface area (Å²) in [6, 6.07) is 0. The molecule has 5 nitrogen and oxygen atoms in total. The molecule has 0 N–H and O–H groups in total. The van der Waals surface area contributed by atoms with Crippen LogP contribution in [-0.4, -0.2) is 29.9 Å². The summed E-state index contributed by atoms with van der Waals surface area (Å²) in [7, 11) is 0. The number of esters is 2. The van der Waals surface area contributed by atoms with Crippen LogP contribution in [0.2, 0.25) is 0 Å². The van der Waals surface area contributed by atoms with Crippen LogP contribution in [-0.2, 0) is 23.9 Å². The first-order valence-electron chi connectivity index (χ1n) is 10.8. The smallest absolute Gasteiger partial charge is 0.331 e. The lowest BCUT2D eigenvalue weighted by Crippen LogP contribution is -2.58. The maximum Gasteiger partial charge on any atom is 0.331 e. The van der Waals surface area contributed by atoms with Gasteiger partial charge < -0.3 is 9.47 Å². The average Bonchev–Trinajstić information content (AvgIpc) is 2.59. The van der Waals surface area contributed by atoms with E-state index in [-0.39, 0.29) is 41.0 Å². The van der Waals surface area contributed by atoms with Gasteiger partial charge in [-0.2, -0.15) is 0 Å². The van der Waals surface area contributed by atoms with E-state index in [4.69, 9.17) is 9.47 Å². The van der Waals surface area contributed by atoms with Crippen LogP contribution in [0.5, 0.6) is 0 Å². The fraction of sp³-hybridized carbons (Fsp3) is 0.640. The molecule has 5 heteroatoms. The average molecular weight is 417 g/mol. The number of hydrogen-bond acceptors (Lipinski definition) is 5. The molecule has 0 bridgehead atoms. The summed E-state index contributed by atoms with van der Waals surface area (Å²) in [5, 5.41) is 0. The predicted molar refractivity (Wildman–Crippen MR) is 117 cm³/mol. The van der Waals surface area contributed by atoms with Crippen LogP contribution in [0.25, 0.3) is 0 Å². The third kappa shape index (κ3) is 5.11. The molecule has 2 aliphatic carbocycles.